The van der Waals surface area contributed by atoms with E-state index in [9.17, 15) is 19.2 Å². The molecule has 1 saturated heterocycles. The fourth-order valence-corrected chi connectivity index (χ4v) is 4.82. The average Bonchev–Trinajstić information content (AvgIpc) is 3.54. The zero-order valence-electron chi connectivity index (χ0n) is 18.1. The van der Waals surface area contributed by atoms with Crippen LogP contribution >= 0.6 is 0 Å². The third-order valence-electron chi connectivity index (χ3n) is 6.39. The fraction of sp³-hybridized carbons (Fsp3) is 0.304. The van der Waals surface area contributed by atoms with Crippen LogP contribution in [0.15, 0.2) is 52.3 Å². The van der Waals surface area contributed by atoms with E-state index in [2.05, 4.69) is 15.4 Å². The predicted molar refractivity (Wildman–Crippen MR) is 116 cm³/mol. The number of rotatable bonds is 4. The molecule has 1 atom stereocenters. The lowest BCUT2D eigenvalue weighted by molar-refractivity contribution is -0.150. The van der Waals surface area contributed by atoms with E-state index in [1.807, 2.05) is 30.5 Å². The lowest BCUT2D eigenvalue weighted by Crippen LogP contribution is -2.55. The molecule has 5 heterocycles. The van der Waals surface area contributed by atoms with Crippen molar-refractivity contribution >= 4 is 34.7 Å². The maximum atomic E-state index is 13.3. The highest BCUT2D eigenvalue weighted by Gasteiger charge is 2.48. The number of nitrogens with one attached hydrogen (secondary N) is 1. The molecule has 11 heteroatoms. The van der Waals surface area contributed by atoms with Crippen LogP contribution in [0.4, 0.5) is 0 Å². The van der Waals surface area contributed by atoms with Crippen LogP contribution in [0.3, 0.4) is 0 Å². The summed E-state index contributed by atoms with van der Waals surface area (Å²) >= 11 is 0. The molecule has 34 heavy (non-hydrogen) atoms. The number of carbonyl (C=O) groups is 4. The Kier molecular flexibility index (Phi) is 4.57. The molecule has 1 fully saturated rings. The third-order valence-corrected chi connectivity index (χ3v) is 6.39. The van der Waals surface area contributed by atoms with E-state index < -0.39 is 29.7 Å². The molecule has 3 aliphatic rings. The molecule has 0 bridgehead atoms. The second kappa shape index (κ2) is 7.65. The van der Waals surface area contributed by atoms with Gasteiger partial charge in [-0.15, -0.1) is 0 Å². The van der Waals surface area contributed by atoms with Crippen molar-refractivity contribution in [3.05, 3.63) is 53.8 Å². The van der Waals surface area contributed by atoms with Gasteiger partial charge in [-0.3, -0.25) is 29.4 Å². The zero-order chi connectivity index (χ0) is 23.4. The number of oxazole rings is 1. The summed E-state index contributed by atoms with van der Waals surface area (Å²) in [5.74, 6) is -1.56. The summed E-state index contributed by atoms with van der Waals surface area (Å²) in [5, 5.41) is 6.45. The van der Waals surface area contributed by atoms with E-state index in [0.29, 0.717) is 47.6 Å². The second-order valence-electron chi connectivity index (χ2n) is 8.51. The number of amides is 4. The van der Waals surface area contributed by atoms with Gasteiger partial charge in [-0.25, -0.2) is 9.67 Å². The van der Waals surface area contributed by atoms with Gasteiger partial charge in [-0.05, 0) is 43.5 Å². The smallest absolute Gasteiger partial charge is 0.278 e. The first-order chi connectivity index (χ1) is 16.5. The van der Waals surface area contributed by atoms with E-state index in [1.54, 1.807) is 15.8 Å². The minimum Gasteiger partial charge on any atom is -0.439 e. The van der Waals surface area contributed by atoms with Gasteiger partial charge in [0.05, 0.1) is 12.2 Å². The van der Waals surface area contributed by atoms with Gasteiger partial charge in [0.15, 0.2) is 5.58 Å². The van der Waals surface area contributed by atoms with Crippen LogP contribution in [0.25, 0.3) is 16.8 Å². The lowest BCUT2D eigenvalue weighted by atomic mass is 10.0. The van der Waals surface area contributed by atoms with Crippen LogP contribution in [0.5, 0.6) is 0 Å². The van der Waals surface area contributed by atoms with Crippen LogP contribution in [0.2, 0.25) is 0 Å². The van der Waals surface area contributed by atoms with Crippen LogP contribution in [0, 0.1) is 0 Å². The highest BCUT2D eigenvalue weighted by atomic mass is 16.3. The molecule has 0 saturated carbocycles. The third kappa shape index (κ3) is 3.19. The summed E-state index contributed by atoms with van der Waals surface area (Å²) in [4.78, 5) is 57.6. The van der Waals surface area contributed by atoms with Crippen molar-refractivity contribution in [1.82, 2.24) is 29.9 Å². The number of hydrogen-bond acceptors (Lipinski definition) is 8. The molecular weight excluding hydrogens is 440 g/mol. The van der Waals surface area contributed by atoms with E-state index in [1.165, 1.54) is 0 Å². The van der Waals surface area contributed by atoms with Crippen molar-refractivity contribution in [3.8, 4) is 5.69 Å². The zero-order valence-corrected chi connectivity index (χ0v) is 18.1. The largest absolute Gasteiger partial charge is 0.439 e. The minimum atomic E-state index is -0.977. The number of aromatic nitrogens is 3. The molecule has 0 spiro atoms. The van der Waals surface area contributed by atoms with Gasteiger partial charge < -0.3 is 9.32 Å². The van der Waals surface area contributed by atoms with Crippen molar-refractivity contribution in [1.29, 1.82) is 0 Å². The molecule has 172 valence electrons. The summed E-state index contributed by atoms with van der Waals surface area (Å²) in [7, 11) is 0. The lowest BCUT2D eigenvalue weighted by Gasteiger charge is -2.30. The molecule has 3 aromatic rings. The molecule has 11 nitrogen and oxygen atoms in total. The molecule has 4 amide bonds. The van der Waals surface area contributed by atoms with Crippen LogP contribution in [-0.4, -0.2) is 60.8 Å². The Morgan fingerprint density at radius 2 is 2.00 bits per heavy atom. The Balaban J connectivity index is 1.27. The molecule has 3 aliphatic heterocycles. The number of imide groups is 2. The van der Waals surface area contributed by atoms with E-state index >= 15 is 0 Å². The van der Waals surface area contributed by atoms with Gasteiger partial charge >= 0.3 is 0 Å². The maximum Gasteiger partial charge on any atom is 0.278 e. The Morgan fingerprint density at radius 1 is 1.12 bits per heavy atom. The van der Waals surface area contributed by atoms with E-state index in [-0.39, 0.29) is 19.4 Å². The molecular formula is C23H20N6O5. The highest BCUT2D eigenvalue weighted by molar-refractivity contribution is 6.21. The first kappa shape index (κ1) is 20.3. The number of benzene rings is 1. The number of hydrogen-bond donors (Lipinski definition) is 1. The highest BCUT2D eigenvalue weighted by Crippen LogP contribution is 2.35. The Hall–Kier alpha value is -4.28. The Morgan fingerprint density at radius 3 is 2.79 bits per heavy atom. The van der Waals surface area contributed by atoms with Crippen LogP contribution in [-0.2, 0) is 25.7 Å². The SMILES string of the molecule is O=C1CCC(N2C(=O)C3=C(C2=O)N(Cc2nc4cc(-n5cccn5)ccc4o2)CCC3)C(=O)N1. The number of nitrogens with zero attached hydrogens (tertiary/aromatic N) is 5. The summed E-state index contributed by atoms with van der Waals surface area (Å²) < 4.78 is 7.63. The molecule has 1 unspecified atom stereocenters. The van der Waals surface area contributed by atoms with Gasteiger partial charge in [-0.2, -0.15) is 5.10 Å². The summed E-state index contributed by atoms with van der Waals surface area (Å²) in [6.45, 7) is 0.769. The molecule has 2 aromatic heterocycles. The minimum absolute atomic E-state index is 0.0886. The number of carbonyl (C=O) groups excluding carboxylic acids is 4. The molecule has 1 N–H and O–H groups in total. The van der Waals surface area contributed by atoms with Crippen molar-refractivity contribution in [2.24, 2.45) is 0 Å². The van der Waals surface area contributed by atoms with Crippen molar-refractivity contribution in [2.75, 3.05) is 6.54 Å². The quantitative estimate of drug-likeness (QED) is 0.572. The van der Waals surface area contributed by atoms with Crippen molar-refractivity contribution < 1.29 is 23.6 Å². The first-order valence-electron chi connectivity index (χ1n) is 11.1. The second-order valence-corrected chi connectivity index (χ2v) is 8.51. The predicted octanol–water partition coefficient (Wildman–Crippen LogP) is 1.04. The van der Waals surface area contributed by atoms with Crippen molar-refractivity contribution in [2.45, 2.75) is 38.3 Å². The van der Waals surface area contributed by atoms with Gasteiger partial charge in [0.2, 0.25) is 17.7 Å². The number of fused-ring (bicyclic) bond motifs is 1. The fourth-order valence-electron chi connectivity index (χ4n) is 4.82. The summed E-state index contributed by atoms with van der Waals surface area (Å²) in [5.41, 5.74) is 2.81. The van der Waals surface area contributed by atoms with E-state index in [0.717, 1.165) is 10.6 Å². The van der Waals surface area contributed by atoms with Crippen molar-refractivity contribution in [3.63, 3.8) is 0 Å². The van der Waals surface area contributed by atoms with Gasteiger partial charge in [0, 0.05) is 30.9 Å². The average molecular weight is 460 g/mol. The first-order valence-corrected chi connectivity index (χ1v) is 11.1. The Bertz CT molecular complexity index is 1390. The molecule has 6 rings (SSSR count). The number of piperidine rings is 1. The van der Waals surface area contributed by atoms with Gasteiger partial charge in [0.1, 0.15) is 17.3 Å². The summed E-state index contributed by atoms with van der Waals surface area (Å²) in [6.07, 6.45) is 4.89. The summed E-state index contributed by atoms with van der Waals surface area (Å²) in [6, 6.07) is 6.42. The van der Waals surface area contributed by atoms with E-state index in [4.69, 9.17) is 4.42 Å². The van der Waals surface area contributed by atoms with Crippen LogP contribution in [0.1, 0.15) is 31.6 Å². The maximum absolute atomic E-state index is 13.3. The normalized spacial score (nSPS) is 21.0. The molecule has 1 aromatic carbocycles. The Labute approximate surface area is 193 Å². The van der Waals surface area contributed by atoms with Gasteiger partial charge in [0.25, 0.3) is 11.8 Å². The topological polar surface area (TPSA) is 131 Å². The standard InChI is InChI=1S/C23H20N6O5/c30-18-7-5-16(21(31)26-18)29-22(32)14-3-1-9-27(20(14)23(29)33)12-19-25-15-11-13(4-6-17(15)34-19)28-10-2-8-24-28/h2,4,6,8,10-11,16H,1,3,5,7,9,12H2,(H,26,30,31). The molecule has 0 aliphatic carbocycles. The van der Waals surface area contributed by atoms with Gasteiger partial charge in [-0.1, -0.05) is 0 Å². The molecule has 0 radical (unpaired) electrons. The monoisotopic (exact) mass is 460 g/mol. The van der Waals surface area contributed by atoms with Crippen LogP contribution < -0.4 is 5.32 Å².